The number of benzene rings is 1. The third-order valence-corrected chi connectivity index (χ3v) is 2.47. The third-order valence-electron chi connectivity index (χ3n) is 2.47. The molecule has 0 atom stereocenters. The number of aromatic nitrogens is 2. The highest BCUT2D eigenvalue weighted by atomic mass is 16.6. The zero-order valence-electron chi connectivity index (χ0n) is 10.9. The van der Waals surface area contributed by atoms with E-state index in [9.17, 15) is 10.1 Å². The number of nitro benzene ring substituents is 1. The van der Waals surface area contributed by atoms with Gasteiger partial charge < -0.3 is 15.2 Å². The molecule has 3 N–H and O–H groups in total. The van der Waals surface area contributed by atoms with Crippen LogP contribution in [-0.4, -0.2) is 27.8 Å². The van der Waals surface area contributed by atoms with Gasteiger partial charge in [-0.1, -0.05) is 0 Å². The fraction of sp³-hybridized carbons (Fsp3) is 0.0833. The summed E-state index contributed by atoms with van der Waals surface area (Å²) in [4.78, 5) is 18.1. The molecular weight excluding hydrogens is 278 g/mol. The Kier molecular flexibility index (Phi) is 3.93. The third kappa shape index (κ3) is 3.21. The van der Waals surface area contributed by atoms with E-state index in [1.165, 1.54) is 37.7 Å². The first-order valence-corrected chi connectivity index (χ1v) is 5.68. The molecule has 1 aromatic heterocycles. The van der Waals surface area contributed by atoms with Gasteiger partial charge in [0.15, 0.2) is 5.75 Å². The predicted molar refractivity (Wildman–Crippen MR) is 72.8 cm³/mol. The van der Waals surface area contributed by atoms with Crippen molar-refractivity contribution in [3.63, 3.8) is 0 Å². The normalized spacial score (nSPS) is 9.95. The molecule has 0 aliphatic heterocycles. The van der Waals surface area contributed by atoms with Crippen LogP contribution in [0.2, 0.25) is 0 Å². The van der Waals surface area contributed by atoms with Crippen molar-refractivity contribution >= 4 is 11.5 Å². The zero-order valence-corrected chi connectivity index (χ0v) is 10.9. The topological polar surface area (TPSA) is 137 Å². The fourth-order valence-corrected chi connectivity index (χ4v) is 1.50. The number of nitrogens with one attached hydrogen (secondary N) is 1. The van der Waals surface area contributed by atoms with Crippen LogP contribution in [0.1, 0.15) is 5.69 Å². The maximum atomic E-state index is 10.9. The van der Waals surface area contributed by atoms with Crippen LogP contribution < -0.4 is 15.2 Å². The number of nitrogens with zero attached hydrogens (tertiary/aromatic N) is 3. The van der Waals surface area contributed by atoms with Gasteiger partial charge in [-0.15, -0.1) is 0 Å². The van der Waals surface area contributed by atoms with Gasteiger partial charge >= 0.3 is 5.69 Å². The van der Waals surface area contributed by atoms with Crippen LogP contribution >= 0.6 is 0 Å². The van der Waals surface area contributed by atoms with Crippen molar-refractivity contribution in [2.24, 2.45) is 5.73 Å². The number of hydrogen-bond donors (Lipinski definition) is 2. The van der Waals surface area contributed by atoms with E-state index in [1.807, 2.05) is 0 Å². The first-order chi connectivity index (χ1) is 10.0. The summed E-state index contributed by atoms with van der Waals surface area (Å²) in [6.45, 7) is 0. The van der Waals surface area contributed by atoms with Crippen LogP contribution in [0, 0.1) is 15.5 Å². The van der Waals surface area contributed by atoms with Crippen molar-refractivity contribution in [3.8, 4) is 17.4 Å². The molecular formula is C12H11N5O4. The molecule has 9 heteroatoms. The Morgan fingerprint density at radius 1 is 1.38 bits per heavy atom. The zero-order chi connectivity index (χ0) is 15.4. The number of amidine groups is 1. The molecule has 0 radical (unpaired) electrons. The molecule has 108 valence electrons. The van der Waals surface area contributed by atoms with Gasteiger partial charge in [0.05, 0.1) is 30.5 Å². The number of nitrogen functional groups attached to an aromatic ring is 1. The molecule has 9 nitrogen and oxygen atoms in total. The number of hydrogen-bond acceptors (Lipinski definition) is 7. The maximum Gasteiger partial charge on any atom is 0.314 e. The number of methoxy groups -OCH3 is 1. The lowest BCUT2D eigenvalue weighted by Gasteiger charge is -2.06. The minimum atomic E-state index is -0.573. The second-order valence-corrected chi connectivity index (χ2v) is 3.85. The van der Waals surface area contributed by atoms with Crippen molar-refractivity contribution in [1.82, 2.24) is 9.97 Å². The van der Waals surface area contributed by atoms with Crippen LogP contribution in [0.4, 0.5) is 5.69 Å². The van der Waals surface area contributed by atoms with Crippen molar-refractivity contribution in [2.75, 3.05) is 7.11 Å². The lowest BCUT2D eigenvalue weighted by molar-refractivity contribution is -0.385. The number of nitro groups is 1. The van der Waals surface area contributed by atoms with Crippen LogP contribution in [-0.2, 0) is 0 Å². The predicted octanol–water partition coefficient (Wildman–Crippen LogP) is 1.47. The van der Waals surface area contributed by atoms with Gasteiger partial charge in [-0.25, -0.2) is 9.97 Å². The van der Waals surface area contributed by atoms with E-state index < -0.39 is 4.92 Å². The molecule has 0 fully saturated rings. The molecule has 0 aliphatic rings. The van der Waals surface area contributed by atoms with E-state index in [1.54, 1.807) is 0 Å². The van der Waals surface area contributed by atoms with Gasteiger partial charge in [-0.05, 0) is 12.1 Å². The van der Waals surface area contributed by atoms with Crippen LogP contribution in [0.5, 0.6) is 17.4 Å². The highest BCUT2D eigenvalue weighted by Gasteiger charge is 2.16. The molecule has 1 heterocycles. The summed E-state index contributed by atoms with van der Waals surface area (Å²) in [6.07, 6.45) is 2.54. The Bertz CT molecular complexity index is 687. The van der Waals surface area contributed by atoms with E-state index in [2.05, 4.69) is 9.97 Å². The van der Waals surface area contributed by atoms with E-state index >= 15 is 0 Å². The molecule has 0 aliphatic carbocycles. The minimum Gasteiger partial charge on any atom is -0.490 e. The number of nitrogens with two attached hydrogens (primary N) is 1. The smallest absolute Gasteiger partial charge is 0.314 e. The summed E-state index contributed by atoms with van der Waals surface area (Å²) in [5.41, 5.74) is 5.24. The average molecular weight is 289 g/mol. The van der Waals surface area contributed by atoms with Gasteiger partial charge in [-0.3, -0.25) is 15.5 Å². The lowest BCUT2D eigenvalue weighted by atomic mass is 10.3. The summed E-state index contributed by atoms with van der Waals surface area (Å²) in [6, 6.07) is 4.15. The van der Waals surface area contributed by atoms with Crippen LogP contribution in [0.25, 0.3) is 0 Å². The fourth-order valence-electron chi connectivity index (χ4n) is 1.50. The summed E-state index contributed by atoms with van der Waals surface area (Å²) in [7, 11) is 1.34. The summed E-state index contributed by atoms with van der Waals surface area (Å²) in [5.74, 6) is 0.256. The molecule has 0 saturated carbocycles. The van der Waals surface area contributed by atoms with E-state index in [0.29, 0.717) is 0 Å². The molecule has 0 amide bonds. The van der Waals surface area contributed by atoms with Crippen molar-refractivity contribution in [1.29, 1.82) is 5.41 Å². The van der Waals surface area contributed by atoms with Gasteiger partial charge in [-0.2, -0.15) is 0 Å². The molecule has 1 aromatic carbocycles. The van der Waals surface area contributed by atoms with Crippen LogP contribution in [0.15, 0.2) is 30.6 Å². The van der Waals surface area contributed by atoms with Gasteiger partial charge in [0.1, 0.15) is 17.3 Å². The summed E-state index contributed by atoms with van der Waals surface area (Å²) >= 11 is 0. The molecule has 0 spiro atoms. The Morgan fingerprint density at radius 3 is 2.67 bits per heavy atom. The molecule has 2 rings (SSSR count). The Hall–Kier alpha value is -3.23. The highest BCUT2D eigenvalue weighted by Crippen LogP contribution is 2.32. The Labute approximate surface area is 119 Å². The molecule has 0 saturated heterocycles. The Balaban J connectivity index is 2.25. The molecule has 21 heavy (non-hydrogen) atoms. The van der Waals surface area contributed by atoms with E-state index in [0.717, 1.165) is 0 Å². The second-order valence-electron chi connectivity index (χ2n) is 3.85. The summed E-state index contributed by atoms with van der Waals surface area (Å²) < 4.78 is 10.2. The number of ether oxygens (including phenoxy) is 2. The first kappa shape index (κ1) is 14.2. The van der Waals surface area contributed by atoms with Gasteiger partial charge in [0.25, 0.3) is 0 Å². The first-order valence-electron chi connectivity index (χ1n) is 5.68. The van der Waals surface area contributed by atoms with E-state index in [-0.39, 0.29) is 34.6 Å². The summed E-state index contributed by atoms with van der Waals surface area (Å²) in [5, 5.41) is 18.1. The Morgan fingerprint density at radius 2 is 2.14 bits per heavy atom. The second kappa shape index (κ2) is 5.82. The van der Waals surface area contributed by atoms with Crippen molar-refractivity contribution in [2.45, 2.75) is 0 Å². The average Bonchev–Trinajstić information content (AvgIpc) is 2.47. The monoisotopic (exact) mass is 289 g/mol. The highest BCUT2D eigenvalue weighted by molar-refractivity contribution is 5.92. The largest absolute Gasteiger partial charge is 0.490 e. The van der Waals surface area contributed by atoms with Gasteiger partial charge in [0.2, 0.25) is 5.88 Å². The van der Waals surface area contributed by atoms with Crippen molar-refractivity contribution < 1.29 is 14.4 Å². The quantitative estimate of drug-likeness (QED) is 0.368. The van der Waals surface area contributed by atoms with E-state index in [4.69, 9.17) is 20.6 Å². The SMILES string of the molecule is COc1ccc(Oc2cnc(C(=N)N)cn2)cc1[N+](=O)[O-]. The van der Waals surface area contributed by atoms with Gasteiger partial charge in [0, 0.05) is 0 Å². The van der Waals surface area contributed by atoms with Crippen LogP contribution in [0.3, 0.4) is 0 Å². The number of rotatable bonds is 5. The standard InChI is InChI=1S/C12H11N5O4/c1-20-10-3-2-7(4-9(10)17(18)19)21-11-6-15-8(5-16-11)12(13)14/h2-6H,1H3,(H3,13,14). The lowest BCUT2D eigenvalue weighted by Crippen LogP contribution is -2.13. The maximum absolute atomic E-state index is 10.9. The molecule has 2 aromatic rings. The molecule has 0 unspecified atom stereocenters. The van der Waals surface area contributed by atoms with Crippen molar-refractivity contribution in [3.05, 3.63) is 46.4 Å². The minimum absolute atomic E-state index is 0.125. The molecule has 0 bridgehead atoms.